The highest BCUT2D eigenvalue weighted by Gasteiger charge is 2.11. The molecule has 1 aliphatic rings. The molecule has 1 saturated heterocycles. The minimum Gasteiger partial charge on any atom is -0.492 e. The molecule has 2 N–H and O–H groups in total. The van der Waals surface area contributed by atoms with Crippen molar-refractivity contribution < 1.29 is 9.84 Å². The highest BCUT2D eigenvalue weighted by Crippen LogP contribution is 2.18. The second-order valence-electron chi connectivity index (χ2n) is 7.98. The Labute approximate surface area is 179 Å². The third kappa shape index (κ3) is 7.63. The van der Waals surface area contributed by atoms with Crippen LogP contribution in [-0.4, -0.2) is 48.8 Å². The SMILES string of the molecule is CC(Cc1ccc(OCCN2CCCCC2)cc1)NCC(O)c1cccc(Cl)c1. The largest absolute Gasteiger partial charge is 0.492 e. The van der Waals surface area contributed by atoms with E-state index < -0.39 is 6.10 Å². The monoisotopic (exact) mass is 416 g/mol. The van der Waals surface area contributed by atoms with Crippen molar-refractivity contribution in [3.8, 4) is 5.75 Å². The van der Waals surface area contributed by atoms with E-state index in [2.05, 4.69) is 41.4 Å². The molecule has 1 heterocycles. The molecule has 3 rings (SSSR count). The Kier molecular flexibility index (Phi) is 8.81. The molecule has 5 heteroatoms. The molecule has 2 atom stereocenters. The lowest BCUT2D eigenvalue weighted by Gasteiger charge is -2.26. The zero-order chi connectivity index (χ0) is 20.5. The summed E-state index contributed by atoms with van der Waals surface area (Å²) < 4.78 is 5.91. The van der Waals surface area contributed by atoms with Crippen molar-refractivity contribution in [2.45, 2.75) is 44.8 Å². The topological polar surface area (TPSA) is 44.7 Å². The molecule has 1 aliphatic heterocycles. The fourth-order valence-corrected chi connectivity index (χ4v) is 3.97. The highest BCUT2D eigenvalue weighted by molar-refractivity contribution is 6.30. The lowest BCUT2D eigenvalue weighted by atomic mass is 10.1. The van der Waals surface area contributed by atoms with Crippen LogP contribution in [0.25, 0.3) is 0 Å². The lowest BCUT2D eigenvalue weighted by molar-refractivity contribution is 0.170. The summed E-state index contributed by atoms with van der Waals surface area (Å²) >= 11 is 6.00. The predicted molar refractivity (Wildman–Crippen MR) is 120 cm³/mol. The standard InChI is InChI=1S/C24H33ClN2O2/c1-19(26-18-24(28)21-6-5-7-22(25)17-21)16-20-8-10-23(11-9-20)29-15-14-27-12-3-2-4-13-27/h5-11,17,19,24,26,28H,2-4,12-16,18H2,1H3. The van der Waals surface area contributed by atoms with Crippen LogP contribution in [0.2, 0.25) is 5.02 Å². The predicted octanol–water partition coefficient (Wildman–Crippen LogP) is 4.46. The summed E-state index contributed by atoms with van der Waals surface area (Å²) in [5.74, 6) is 0.933. The molecule has 2 aromatic rings. The fourth-order valence-electron chi connectivity index (χ4n) is 3.77. The van der Waals surface area contributed by atoms with Gasteiger partial charge in [-0.1, -0.05) is 42.3 Å². The van der Waals surface area contributed by atoms with E-state index in [0.29, 0.717) is 11.6 Å². The number of aliphatic hydroxyl groups is 1. The van der Waals surface area contributed by atoms with Crippen LogP contribution in [0.5, 0.6) is 5.75 Å². The molecule has 0 aliphatic carbocycles. The number of halogens is 1. The Balaban J connectivity index is 1.37. The molecule has 0 spiro atoms. The first-order valence-corrected chi connectivity index (χ1v) is 11.1. The van der Waals surface area contributed by atoms with Gasteiger partial charge in [-0.05, 0) is 74.7 Å². The first kappa shape index (κ1) is 22.1. The number of benzene rings is 2. The van der Waals surface area contributed by atoms with Crippen molar-refractivity contribution in [2.24, 2.45) is 0 Å². The molecule has 0 aromatic heterocycles. The van der Waals surface area contributed by atoms with Gasteiger partial charge in [0.1, 0.15) is 12.4 Å². The Morgan fingerprint density at radius 2 is 1.86 bits per heavy atom. The number of ether oxygens (including phenoxy) is 1. The van der Waals surface area contributed by atoms with Gasteiger partial charge in [-0.25, -0.2) is 0 Å². The molecule has 158 valence electrons. The van der Waals surface area contributed by atoms with Gasteiger partial charge in [0.2, 0.25) is 0 Å². The molecule has 1 fully saturated rings. The van der Waals surface area contributed by atoms with Gasteiger partial charge < -0.3 is 15.2 Å². The zero-order valence-corrected chi connectivity index (χ0v) is 18.1. The fraction of sp³-hybridized carbons (Fsp3) is 0.500. The van der Waals surface area contributed by atoms with Crippen LogP contribution in [-0.2, 0) is 6.42 Å². The van der Waals surface area contributed by atoms with Crippen molar-refractivity contribution in [1.82, 2.24) is 10.2 Å². The van der Waals surface area contributed by atoms with Gasteiger partial charge in [0.15, 0.2) is 0 Å². The van der Waals surface area contributed by atoms with Crippen LogP contribution < -0.4 is 10.1 Å². The van der Waals surface area contributed by atoms with E-state index in [9.17, 15) is 5.11 Å². The van der Waals surface area contributed by atoms with E-state index in [4.69, 9.17) is 16.3 Å². The molecule has 2 aromatic carbocycles. The Morgan fingerprint density at radius 1 is 1.10 bits per heavy atom. The van der Waals surface area contributed by atoms with Gasteiger partial charge >= 0.3 is 0 Å². The van der Waals surface area contributed by atoms with E-state index in [1.54, 1.807) is 0 Å². The van der Waals surface area contributed by atoms with Crippen LogP contribution >= 0.6 is 11.6 Å². The first-order valence-electron chi connectivity index (χ1n) is 10.7. The average Bonchev–Trinajstić information content (AvgIpc) is 2.74. The van der Waals surface area contributed by atoms with Crippen molar-refractivity contribution in [3.63, 3.8) is 0 Å². The van der Waals surface area contributed by atoms with Crippen LogP contribution in [0.15, 0.2) is 48.5 Å². The molecule has 29 heavy (non-hydrogen) atoms. The second-order valence-corrected chi connectivity index (χ2v) is 8.42. The highest BCUT2D eigenvalue weighted by atomic mass is 35.5. The van der Waals surface area contributed by atoms with E-state index in [1.165, 1.54) is 37.9 Å². The molecule has 0 saturated carbocycles. The van der Waals surface area contributed by atoms with Gasteiger partial charge in [-0.15, -0.1) is 0 Å². The Hall–Kier alpha value is -1.59. The molecule has 2 unspecified atom stereocenters. The van der Waals surface area contributed by atoms with Crippen LogP contribution in [0.3, 0.4) is 0 Å². The maximum atomic E-state index is 10.3. The summed E-state index contributed by atoms with van der Waals surface area (Å²) in [4.78, 5) is 2.49. The van der Waals surface area contributed by atoms with Crippen LogP contribution in [0.1, 0.15) is 43.4 Å². The van der Waals surface area contributed by atoms with Crippen molar-refractivity contribution in [2.75, 3.05) is 32.8 Å². The molecule has 0 amide bonds. The molecule has 0 bridgehead atoms. The number of likely N-dealkylation sites (tertiary alicyclic amines) is 1. The van der Waals surface area contributed by atoms with Crippen LogP contribution in [0.4, 0.5) is 0 Å². The molecule has 4 nitrogen and oxygen atoms in total. The number of aliphatic hydroxyl groups excluding tert-OH is 1. The number of nitrogens with zero attached hydrogens (tertiary/aromatic N) is 1. The quantitative estimate of drug-likeness (QED) is 0.600. The smallest absolute Gasteiger partial charge is 0.119 e. The van der Waals surface area contributed by atoms with Crippen molar-refractivity contribution in [1.29, 1.82) is 0 Å². The Bertz CT molecular complexity index is 732. The van der Waals surface area contributed by atoms with Gasteiger partial charge in [-0.3, -0.25) is 4.90 Å². The summed E-state index contributed by atoms with van der Waals surface area (Å²) in [6.45, 7) is 6.81. The normalized spacial score (nSPS) is 17.1. The van der Waals surface area contributed by atoms with E-state index in [1.807, 2.05) is 24.3 Å². The summed E-state index contributed by atoms with van der Waals surface area (Å²) in [5.41, 5.74) is 2.09. The molecular formula is C24H33ClN2O2. The summed E-state index contributed by atoms with van der Waals surface area (Å²) in [7, 11) is 0. The number of nitrogens with one attached hydrogen (secondary N) is 1. The number of hydrogen-bond acceptors (Lipinski definition) is 4. The van der Waals surface area contributed by atoms with E-state index in [-0.39, 0.29) is 6.04 Å². The van der Waals surface area contributed by atoms with Crippen molar-refractivity contribution in [3.05, 3.63) is 64.7 Å². The molecular weight excluding hydrogens is 384 g/mol. The van der Waals surface area contributed by atoms with Gasteiger partial charge in [0, 0.05) is 24.2 Å². The van der Waals surface area contributed by atoms with Gasteiger partial charge in [0.25, 0.3) is 0 Å². The Morgan fingerprint density at radius 3 is 2.59 bits per heavy atom. The molecule has 0 radical (unpaired) electrons. The summed E-state index contributed by atoms with van der Waals surface area (Å²) in [6.07, 6.45) is 4.34. The second kappa shape index (κ2) is 11.6. The summed E-state index contributed by atoms with van der Waals surface area (Å²) in [6, 6.07) is 16.0. The number of piperidine rings is 1. The number of hydrogen-bond donors (Lipinski definition) is 2. The van der Waals surface area contributed by atoms with Gasteiger partial charge in [-0.2, -0.15) is 0 Å². The minimum atomic E-state index is -0.563. The van der Waals surface area contributed by atoms with Crippen molar-refractivity contribution >= 4 is 11.6 Å². The van der Waals surface area contributed by atoms with Crippen LogP contribution in [0, 0.1) is 0 Å². The third-order valence-corrected chi connectivity index (χ3v) is 5.72. The maximum absolute atomic E-state index is 10.3. The maximum Gasteiger partial charge on any atom is 0.119 e. The van der Waals surface area contributed by atoms with Gasteiger partial charge in [0.05, 0.1) is 6.10 Å². The van der Waals surface area contributed by atoms with E-state index in [0.717, 1.165) is 30.9 Å². The third-order valence-electron chi connectivity index (χ3n) is 5.48. The van der Waals surface area contributed by atoms with E-state index >= 15 is 0 Å². The first-order chi connectivity index (χ1) is 14.1. The zero-order valence-electron chi connectivity index (χ0n) is 17.3. The average molecular weight is 417 g/mol. The summed E-state index contributed by atoms with van der Waals surface area (Å²) in [5, 5.41) is 14.4. The lowest BCUT2D eigenvalue weighted by Crippen LogP contribution is -2.33. The minimum absolute atomic E-state index is 0.259. The number of rotatable bonds is 10.